The van der Waals surface area contributed by atoms with Gasteiger partial charge in [0.1, 0.15) is 12.4 Å². The van der Waals surface area contributed by atoms with Gasteiger partial charge < -0.3 is 20.5 Å². The second-order valence-electron chi connectivity index (χ2n) is 4.14. The van der Waals surface area contributed by atoms with Gasteiger partial charge in [0.15, 0.2) is 0 Å². The number of nitrogens with two attached hydrogens (primary N) is 1. The average Bonchev–Trinajstić information content (AvgIpc) is 2.39. The smallest absolute Gasteiger partial charge is 0.246 e. The van der Waals surface area contributed by atoms with Gasteiger partial charge in [0, 0.05) is 18.5 Å². The zero-order valence-corrected chi connectivity index (χ0v) is 10.2. The van der Waals surface area contributed by atoms with E-state index in [0.717, 1.165) is 17.7 Å². The molecule has 1 unspecified atom stereocenters. The van der Waals surface area contributed by atoms with Gasteiger partial charge in [0.05, 0.1) is 19.3 Å². The SMILES string of the molecule is NCCOCC(=O)NC1CCOc2ccccc21. The van der Waals surface area contributed by atoms with Gasteiger partial charge in [-0.05, 0) is 6.07 Å². The van der Waals surface area contributed by atoms with Crippen LogP contribution in [0, 0.1) is 0 Å². The topological polar surface area (TPSA) is 73.6 Å². The van der Waals surface area contributed by atoms with E-state index in [1.165, 1.54) is 0 Å². The third-order valence-electron chi connectivity index (χ3n) is 2.79. The van der Waals surface area contributed by atoms with Crippen molar-refractivity contribution in [2.75, 3.05) is 26.4 Å². The molecule has 98 valence electrons. The van der Waals surface area contributed by atoms with E-state index in [0.29, 0.717) is 19.8 Å². The van der Waals surface area contributed by atoms with Crippen molar-refractivity contribution >= 4 is 5.91 Å². The van der Waals surface area contributed by atoms with Crippen LogP contribution in [0.2, 0.25) is 0 Å². The lowest BCUT2D eigenvalue weighted by atomic mass is 10.0. The molecule has 1 atom stereocenters. The fourth-order valence-electron chi connectivity index (χ4n) is 1.98. The van der Waals surface area contributed by atoms with Crippen LogP contribution in [0.25, 0.3) is 0 Å². The zero-order valence-electron chi connectivity index (χ0n) is 10.2. The van der Waals surface area contributed by atoms with Crippen LogP contribution in [0.3, 0.4) is 0 Å². The number of carbonyl (C=O) groups is 1. The molecule has 1 aromatic carbocycles. The highest BCUT2D eigenvalue weighted by atomic mass is 16.5. The summed E-state index contributed by atoms with van der Waals surface area (Å²) >= 11 is 0. The Hall–Kier alpha value is -1.59. The number of rotatable bonds is 5. The third kappa shape index (κ3) is 3.21. The zero-order chi connectivity index (χ0) is 12.8. The van der Waals surface area contributed by atoms with Crippen LogP contribution in [0.4, 0.5) is 0 Å². The number of carbonyl (C=O) groups excluding carboxylic acids is 1. The van der Waals surface area contributed by atoms with Crippen molar-refractivity contribution in [1.29, 1.82) is 0 Å². The largest absolute Gasteiger partial charge is 0.493 e. The maximum Gasteiger partial charge on any atom is 0.246 e. The van der Waals surface area contributed by atoms with Crippen molar-refractivity contribution < 1.29 is 14.3 Å². The number of ether oxygens (including phenoxy) is 2. The Morgan fingerprint density at radius 3 is 3.17 bits per heavy atom. The van der Waals surface area contributed by atoms with Crippen LogP contribution in [0.1, 0.15) is 18.0 Å². The molecule has 0 bridgehead atoms. The lowest BCUT2D eigenvalue weighted by Gasteiger charge is -2.26. The molecule has 1 amide bonds. The summed E-state index contributed by atoms with van der Waals surface area (Å²) in [5.74, 6) is 0.724. The Balaban J connectivity index is 1.92. The Bertz CT molecular complexity index is 409. The second-order valence-corrected chi connectivity index (χ2v) is 4.14. The van der Waals surface area contributed by atoms with Crippen LogP contribution >= 0.6 is 0 Å². The minimum absolute atomic E-state index is 0.00364. The molecule has 0 aliphatic carbocycles. The minimum Gasteiger partial charge on any atom is -0.493 e. The molecule has 3 N–H and O–H groups in total. The molecular formula is C13H18N2O3. The molecule has 1 aliphatic heterocycles. The van der Waals surface area contributed by atoms with Crippen molar-refractivity contribution in [2.45, 2.75) is 12.5 Å². The highest BCUT2D eigenvalue weighted by Gasteiger charge is 2.22. The predicted molar refractivity (Wildman–Crippen MR) is 67.3 cm³/mol. The lowest BCUT2D eigenvalue weighted by Crippen LogP contribution is -2.34. The van der Waals surface area contributed by atoms with Gasteiger partial charge in [-0.25, -0.2) is 0 Å². The van der Waals surface area contributed by atoms with Crippen molar-refractivity contribution in [3.05, 3.63) is 29.8 Å². The molecule has 1 heterocycles. The fraction of sp³-hybridized carbons (Fsp3) is 0.462. The fourth-order valence-corrected chi connectivity index (χ4v) is 1.98. The highest BCUT2D eigenvalue weighted by Crippen LogP contribution is 2.31. The van der Waals surface area contributed by atoms with E-state index >= 15 is 0 Å². The van der Waals surface area contributed by atoms with Gasteiger partial charge in [-0.2, -0.15) is 0 Å². The maximum atomic E-state index is 11.7. The van der Waals surface area contributed by atoms with E-state index in [2.05, 4.69) is 5.32 Å². The Morgan fingerprint density at radius 2 is 2.33 bits per heavy atom. The van der Waals surface area contributed by atoms with Crippen LogP contribution in [-0.4, -0.2) is 32.3 Å². The first-order valence-corrected chi connectivity index (χ1v) is 6.10. The van der Waals surface area contributed by atoms with Crippen molar-refractivity contribution in [1.82, 2.24) is 5.32 Å². The Morgan fingerprint density at radius 1 is 1.50 bits per heavy atom. The number of nitrogens with one attached hydrogen (secondary N) is 1. The molecule has 0 saturated carbocycles. The highest BCUT2D eigenvalue weighted by molar-refractivity contribution is 5.77. The number of hydrogen-bond donors (Lipinski definition) is 2. The summed E-state index contributed by atoms with van der Waals surface area (Å²) in [6.45, 7) is 1.49. The monoisotopic (exact) mass is 250 g/mol. The van der Waals surface area contributed by atoms with Gasteiger partial charge in [0.2, 0.25) is 5.91 Å². The summed E-state index contributed by atoms with van der Waals surface area (Å²) in [5.41, 5.74) is 6.31. The quantitative estimate of drug-likeness (QED) is 0.751. The molecule has 5 heteroatoms. The number of amides is 1. The molecule has 0 radical (unpaired) electrons. The lowest BCUT2D eigenvalue weighted by molar-refractivity contribution is -0.126. The van der Waals surface area contributed by atoms with Gasteiger partial charge in [-0.3, -0.25) is 4.79 Å². The van der Waals surface area contributed by atoms with E-state index in [-0.39, 0.29) is 18.6 Å². The van der Waals surface area contributed by atoms with E-state index in [9.17, 15) is 4.79 Å². The first-order valence-electron chi connectivity index (χ1n) is 6.10. The summed E-state index contributed by atoms with van der Waals surface area (Å²) in [4.78, 5) is 11.7. The van der Waals surface area contributed by atoms with Crippen molar-refractivity contribution in [3.8, 4) is 5.75 Å². The van der Waals surface area contributed by atoms with Gasteiger partial charge in [-0.1, -0.05) is 18.2 Å². The molecule has 0 aromatic heterocycles. The molecule has 1 aromatic rings. The summed E-state index contributed by atoms with van der Waals surface area (Å²) < 4.78 is 10.6. The van der Waals surface area contributed by atoms with E-state index in [4.69, 9.17) is 15.2 Å². The molecule has 1 aliphatic rings. The van der Waals surface area contributed by atoms with Gasteiger partial charge >= 0.3 is 0 Å². The number of fused-ring (bicyclic) bond motifs is 1. The molecule has 0 fully saturated rings. The average molecular weight is 250 g/mol. The molecule has 5 nitrogen and oxygen atoms in total. The maximum absolute atomic E-state index is 11.7. The predicted octanol–water partition coefficient (Wildman–Crippen LogP) is 0.602. The van der Waals surface area contributed by atoms with Gasteiger partial charge in [0.25, 0.3) is 0 Å². The molecule has 0 saturated heterocycles. The molecule has 0 spiro atoms. The van der Waals surface area contributed by atoms with Crippen LogP contribution < -0.4 is 15.8 Å². The number of hydrogen-bond acceptors (Lipinski definition) is 4. The normalized spacial score (nSPS) is 17.7. The van der Waals surface area contributed by atoms with E-state index < -0.39 is 0 Å². The van der Waals surface area contributed by atoms with E-state index in [1.807, 2.05) is 24.3 Å². The van der Waals surface area contributed by atoms with Crippen LogP contribution in [0.5, 0.6) is 5.75 Å². The molecular weight excluding hydrogens is 232 g/mol. The van der Waals surface area contributed by atoms with Crippen molar-refractivity contribution in [3.63, 3.8) is 0 Å². The van der Waals surface area contributed by atoms with Crippen LogP contribution in [0.15, 0.2) is 24.3 Å². The van der Waals surface area contributed by atoms with E-state index in [1.54, 1.807) is 0 Å². The minimum atomic E-state index is -0.120. The summed E-state index contributed by atoms with van der Waals surface area (Å²) in [5, 5.41) is 2.95. The summed E-state index contributed by atoms with van der Waals surface area (Å²) in [7, 11) is 0. The first-order chi connectivity index (χ1) is 8.81. The number of benzene rings is 1. The summed E-state index contributed by atoms with van der Waals surface area (Å²) in [6.07, 6.45) is 0.777. The molecule has 18 heavy (non-hydrogen) atoms. The van der Waals surface area contributed by atoms with Crippen LogP contribution in [-0.2, 0) is 9.53 Å². The first kappa shape index (κ1) is 12.9. The third-order valence-corrected chi connectivity index (χ3v) is 2.79. The summed E-state index contributed by atoms with van der Waals surface area (Å²) in [6, 6.07) is 7.76. The van der Waals surface area contributed by atoms with Gasteiger partial charge in [-0.15, -0.1) is 0 Å². The van der Waals surface area contributed by atoms with Crippen molar-refractivity contribution in [2.24, 2.45) is 5.73 Å². The Kier molecular flexibility index (Phi) is 4.55. The second kappa shape index (κ2) is 6.37. The standard InChI is InChI=1S/C13H18N2O3/c14-6-8-17-9-13(16)15-11-5-7-18-12-4-2-1-3-10(11)12/h1-4,11H,5-9,14H2,(H,15,16). The Labute approximate surface area is 106 Å². The number of para-hydroxylation sites is 1. The molecule has 2 rings (SSSR count).